The quantitative estimate of drug-likeness (QED) is 0.215. The van der Waals surface area contributed by atoms with Gasteiger partial charge in [0.2, 0.25) is 0 Å². The molecule has 6 aliphatic heterocycles. The SMILES string of the molecule is CN[C@H]1[C@H](C)O[C@@H](O[C@@H]2[C@@H](C)O[C@H](O[C@@H]3/C(C)=C/C[C@@H]4C[C@@H](CC5(C=C[C@H](C)[C@@H](C(C)C)O5)O4)OC(=O)[C@@H]4C=C(C)[C@@H](O)[C@H]5OC/C(=C\C=C\[C@@H]3C)[C@]54O)C[C@H]2OC)C[C@@H]1OC. The lowest BCUT2D eigenvalue weighted by molar-refractivity contribution is -0.312. The number of aliphatic hydroxyl groups is 2. The van der Waals surface area contributed by atoms with Gasteiger partial charge in [-0.1, -0.05) is 64.2 Å². The summed E-state index contributed by atoms with van der Waals surface area (Å²) in [5.41, 5.74) is 0.176. The molecular weight excluding hydrogens is 799 g/mol. The van der Waals surface area contributed by atoms with Crippen LogP contribution < -0.4 is 5.32 Å². The third-order valence-corrected chi connectivity index (χ3v) is 14.3. The van der Waals surface area contributed by atoms with Crippen molar-refractivity contribution in [3.8, 4) is 0 Å². The first-order valence-electron chi connectivity index (χ1n) is 22.9. The Morgan fingerprint density at radius 3 is 2.31 bits per heavy atom. The van der Waals surface area contributed by atoms with Crippen LogP contribution in [0.25, 0.3) is 0 Å². The number of nitrogens with one attached hydrogen (secondary N) is 1. The van der Waals surface area contributed by atoms with E-state index in [1.165, 1.54) is 0 Å². The van der Waals surface area contributed by atoms with Crippen molar-refractivity contribution >= 4 is 5.97 Å². The molecule has 7 aliphatic rings. The van der Waals surface area contributed by atoms with E-state index in [0.717, 1.165) is 5.57 Å². The summed E-state index contributed by atoms with van der Waals surface area (Å²) in [6, 6.07) is 0.0445. The van der Waals surface area contributed by atoms with Crippen LogP contribution in [0.5, 0.6) is 0 Å². The van der Waals surface area contributed by atoms with Gasteiger partial charge >= 0.3 is 5.97 Å². The van der Waals surface area contributed by atoms with E-state index in [9.17, 15) is 15.0 Å². The second-order valence-electron chi connectivity index (χ2n) is 19.1. The molecule has 0 aromatic carbocycles. The number of allylic oxidation sites excluding steroid dienone is 2. The molecule has 0 amide bonds. The summed E-state index contributed by atoms with van der Waals surface area (Å²) in [7, 11) is 5.30. The summed E-state index contributed by atoms with van der Waals surface area (Å²) in [5.74, 6) is -2.56. The normalized spacial score (nSPS) is 48.7. The maximum absolute atomic E-state index is 14.3. The molecule has 1 unspecified atom stereocenters. The molecule has 19 atom stereocenters. The highest BCUT2D eigenvalue weighted by Crippen LogP contribution is 2.47. The van der Waals surface area contributed by atoms with Crippen molar-refractivity contribution in [2.75, 3.05) is 27.9 Å². The van der Waals surface area contributed by atoms with E-state index in [0.29, 0.717) is 43.3 Å². The predicted molar refractivity (Wildman–Crippen MR) is 230 cm³/mol. The number of hydrogen-bond donors (Lipinski definition) is 3. The largest absolute Gasteiger partial charge is 0.462 e. The van der Waals surface area contributed by atoms with Crippen LogP contribution in [0.2, 0.25) is 0 Å². The van der Waals surface area contributed by atoms with Gasteiger partial charge in [-0.3, -0.25) is 4.79 Å². The zero-order valence-electron chi connectivity index (χ0n) is 38.6. The van der Waals surface area contributed by atoms with Crippen molar-refractivity contribution in [1.82, 2.24) is 5.32 Å². The molecule has 1 spiro atoms. The van der Waals surface area contributed by atoms with Gasteiger partial charge in [0.25, 0.3) is 0 Å². The number of aliphatic hydroxyl groups excluding tert-OH is 1. The Bertz CT molecular complexity index is 1730. The molecule has 6 heterocycles. The molecule has 14 heteroatoms. The summed E-state index contributed by atoms with van der Waals surface area (Å²) in [4.78, 5) is 14.3. The van der Waals surface area contributed by atoms with Gasteiger partial charge in [-0.25, -0.2) is 0 Å². The topological polar surface area (TPSA) is 162 Å². The lowest BCUT2D eigenvalue weighted by Gasteiger charge is -2.48. The van der Waals surface area contributed by atoms with E-state index in [1.807, 2.05) is 39.1 Å². The summed E-state index contributed by atoms with van der Waals surface area (Å²) in [6.07, 6.45) is 9.72. The minimum absolute atomic E-state index is 0.0407. The molecule has 4 fully saturated rings. The lowest BCUT2D eigenvalue weighted by atomic mass is 9.71. The maximum atomic E-state index is 14.3. The van der Waals surface area contributed by atoms with Crippen LogP contribution >= 0.6 is 0 Å². The molecule has 348 valence electrons. The molecule has 0 aromatic rings. The van der Waals surface area contributed by atoms with Crippen molar-refractivity contribution in [1.29, 1.82) is 0 Å². The summed E-state index contributed by atoms with van der Waals surface area (Å²) in [5, 5.41) is 27.0. The van der Waals surface area contributed by atoms with E-state index in [-0.39, 0.29) is 67.0 Å². The van der Waals surface area contributed by atoms with Crippen LogP contribution in [0.15, 0.2) is 59.3 Å². The molecule has 3 N–H and O–H groups in total. The zero-order valence-corrected chi connectivity index (χ0v) is 38.6. The zero-order chi connectivity index (χ0) is 44.7. The standard InChI is InChI=1S/C48H73NO13/c1-25(2)42-28(5)17-18-47(62-42)23-34-20-33(61-47)16-15-27(4)43(26(3)13-12-14-32-24-55-45-41(50)29(6)19-35(46(51)58-34)48(32,45)52)59-39-22-37(54-11)44(31(8)57-39)60-38-21-36(53-10)40(49-9)30(7)56-38/h12-15,17-19,25-26,28,30-31,33-45,49-50,52H,16,20-24H2,1-11H3/b13-12+,27-15+,32-14+/t26-,28-,30-,31+,33+,34-,35-,36-,37+,38-,39+,40-,41+,42+,43-,44+,45+,47?,48+/m0/s1. The van der Waals surface area contributed by atoms with Crippen molar-refractivity contribution in [2.45, 2.75) is 185 Å². The van der Waals surface area contributed by atoms with E-state index in [2.05, 4.69) is 52.1 Å². The van der Waals surface area contributed by atoms with Gasteiger partial charge in [-0.05, 0) is 69.9 Å². The van der Waals surface area contributed by atoms with Gasteiger partial charge in [0, 0.05) is 51.7 Å². The smallest absolute Gasteiger partial charge is 0.316 e. The Hall–Kier alpha value is -2.31. The highest BCUT2D eigenvalue weighted by Gasteiger charge is 2.60. The van der Waals surface area contributed by atoms with Crippen LogP contribution in [0.1, 0.15) is 87.5 Å². The van der Waals surface area contributed by atoms with E-state index < -0.39 is 66.4 Å². The fourth-order valence-electron chi connectivity index (χ4n) is 10.9. The Morgan fingerprint density at radius 1 is 0.887 bits per heavy atom. The average Bonchev–Trinajstić information content (AvgIpc) is 3.57. The second kappa shape index (κ2) is 19.7. The number of carbonyl (C=O) groups is 1. The predicted octanol–water partition coefficient (Wildman–Crippen LogP) is 5.21. The van der Waals surface area contributed by atoms with Gasteiger partial charge in [0.15, 0.2) is 18.4 Å². The Balaban J connectivity index is 1.17. The third kappa shape index (κ3) is 9.64. The summed E-state index contributed by atoms with van der Waals surface area (Å²) in [6.45, 7) is 16.3. The maximum Gasteiger partial charge on any atom is 0.316 e. The first-order valence-corrected chi connectivity index (χ1v) is 22.9. The summed E-state index contributed by atoms with van der Waals surface area (Å²) >= 11 is 0. The first kappa shape index (κ1) is 47.6. The van der Waals surface area contributed by atoms with Crippen molar-refractivity contribution in [3.63, 3.8) is 0 Å². The minimum Gasteiger partial charge on any atom is -0.462 e. The van der Waals surface area contributed by atoms with Crippen LogP contribution in [0, 0.1) is 23.7 Å². The van der Waals surface area contributed by atoms with Gasteiger partial charge in [-0.15, -0.1) is 0 Å². The van der Waals surface area contributed by atoms with Gasteiger partial charge in [-0.2, -0.15) is 0 Å². The minimum atomic E-state index is -1.83. The number of methoxy groups -OCH3 is 2. The monoisotopic (exact) mass is 872 g/mol. The van der Waals surface area contributed by atoms with E-state index in [1.54, 1.807) is 33.3 Å². The average molecular weight is 872 g/mol. The summed E-state index contributed by atoms with van der Waals surface area (Å²) < 4.78 is 64.3. The third-order valence-electron chi connectivity index (χ3n) is 14.3. The molecule has 0 saturated carbocycles. The number of ether oxygens (including phenoxy) is 10. The number of hydrogen-bond acceptors (Lipinski definition) is 14. The molecule has 0 radical (unpaired) electrons. The Kier molecular flexibility index (Phi) is 15.1. The molecule has 0 aromatic heterocycles. The fourth-order valence-corrected chi connectivity index (χ4v) is 10.9. The van der Waals surface area contributed by atoms with E-state index >= 15 is 0 Å². The molecule has 62 heavy (non-hydrogen) atoms. The van der Waals surface area contributed by atoms with Crippen LogP contribution in [0.3, 0.4) is 0 Å². The highest BCUT2D eigenvalue weighted by atomic mass is 16.7. The molecule has 1 aliphatic carbocycles. The van der Waals surface area contributed by atoms with Crippen molar-refractivity contribution in [2.24, 2.45) is 23.7 Å². The van der Waals surface area contributed by atoms with Crippen molar-refractivity contribution in [3.05, 3.63) is 59.3 Å². The lowest BCUT2D eigenvalue weighted by Crippen LogP contribution is -2.58. The van der Waals surface area contributed by atoms with Gasteiger partial charge in [0.05, 0.1) is 55.4 Å². The first-order chi connectivity index (χ1) is 29.5. The van der Waals surface area contributed by atoms with Crippen LogP contribution in [-0.4, -0.2) is 141 Å². The fraction of sp³-hybridized carbons (Fsp3) is 0.771. The highest BCUT2D eigenvalue weighted by molar-refractivity contribution is 5.78. The Labute approximate surface area is 368 Å². The van der Waals surface area contributed by atoms with Crippen LogP contribution in [0.4, 0.5) is 0 Å². The number of rotatable bonds is 8. The molecule has 14 nitrogen and oxygen atoms in total. The number of esters is 1. The molecular formula is C48H73NO13. The molecule has 7 rings (SSSR count). The van der Waals surface area contributed by atoms with Gasteiger partial charge < -0.3 is 62.9 Å². The Morgan fingerprint density at radius 2 is 1.60 bits per heavy atom. The number of fused-ring (bicyclic) bond motifs is 2. The second-order valence-corrected chi connectivity index (χ2v) is 19.1. The number of likely N-dealkylation sites (N-methyl/N-ethyl adjacent to an activating group) is 1. The number of carbonyl (C=O) groups excluding carboxylic acids is 1. The van der Waals surface area contributed by atoms with Crippen LogP contribution in [-0.2, 0) is 52.2 Å². The van der Waals surface area contributed by atoms with Gasteiger partial charge in [0.1, 0.15) is 35.9 Å². The molecule has 2 bridgehead atoms. The van der Waals surface area contributed by atoms with Crippen molar-refractivity contribution < 1.29 is 62.4 Å². The molecule has 4 saturated heterocycles. The van der Waals surface area contributed by atoms with E-state index in [4.69, 9.17) is 47.4 Å².